The van der Waals surface area contributed by atoms with Crippen molar-refractivity contribution in [3.8, 4) is 0 Å². The third-order valence-electron chi connectivity index (χ3n) is 2.97. The third-order valence-corrected chi connectivity index (χ3v) is 2.97. The molecule has 1 saturated heterocycles. The Hall–Kier alpha value is -0.610. The average Bonchev–Trinajstić information content (AvgIpc) is 2.27. The fraction of sp³-hybridized carbons (Fsp3) is 0.900. The Morgan fingerprint density at radius 1 is 1.71 bits per heavy atom. The zero-order chi connectivity index (χ0) is 10.6. The van der Waals surface area contributed by atoms with E-state index in [0.29, 0.717) is 0 Å². The van der Waals surface area contributed by atoms with Crippen molar-refractivity contribution in [2.75, 3.05) is 26.7 Å². The Kier molecular flexibility index (Phi) is 4.35. The number of carbonyl (C=O) groups excluding carboxylic acids is 1. The summed E-state index contributed by atoms with van der Waals surface area (Å²) in [7, 11) is 1.39. The van der Waals surface area contributed by atoms with Gasteiger partial charge in [0.05, 0.1) is 7.11 Å². The molecule has 0 aliphatic carbocycles. The predicted octanol–water partition coefficient (Wildman–Crippen LogP) is 0.219. The summed E-state index contributed by atoms with van der Waals surface area (Å²) in [4.78, 5) is 13.6. The Bertz CT molecular complexity index is 197. The van der Waals surface area contributed by atoms with Crippen LogP contribution >= 0.6 is 0 Å². The predicted molar refractivity (Wildman–Crippen MR) is 54.8 cm³/mol. The van der Waals surface area contributed by atoms with Gasteiger partial charge in [-0.15, -0.1) is 0 Å². The molecule has 0 aromatic heterocycles. The molecule has 82 valence electrons. The van der Waals surface area contributed by atoms with Crippen LogP contribution in [0.5, 0.6) is 0 Å². The van der Waals surface area contributed by atoms with E-state index in [-0.39, 0.29) is 11.9 Å². The van der Waals surface area contributed by atoms with Crippen molar-refractivity contribution in [2.24, 2.45) is 11.7 Å². The minimum atomic E-state index is -0.450. The van der Waals surface area contributed by atoms with Crippen molar-refractivity contribution in [1.82, 2.24) is 4.90 Å². The highest BCUT2D eigenvalue weighted by Crippen LogP contribution is 2.19. The molecule has 0 saturated carbocycles. The number of likely N-dealkylation sites (tertiary alicyclic amines) is 1. The van der Waals surface area contributed by atoms with Crippen LogP contribution in [0.2, 0.25) is 0 Å². The topological polar surface area (TPSA) is 55.6 Å². The van der Waals surface area contributed by atoms with E-state index < -0.39 is 6.04 Å². The van der Waals surface area contributed by atoms with Crippen molar-refractivity contribution in [3.63, 3.8) is 0 Å². The van der Waals surface area contributed by atoms with Crippen LogP contribution in [0.3, 0.4) is 0 Å². The molecular formula is C10H20N2O2. The molecule has 1 fully saturated rings. The number of ether oxygens (including phenoxy) is 1. The van der Waals surface area contributed by atoms with Gasteiger partial charge < -0.3 is 15.4 Å². The zero-order valence-corrected chi connectivity index (χ0v) is 9.03. The molecule has 2 N–H and O–H groups in total. The summed E-state index contributed by atoms with van der Waals surface area (Å²) in [6.07, 6.45) is 2.16. The first-order valence-electron chi connectivity index (χ1n) is 5.24. The largest absolute Gasteiger partial charge is 0.468 e. The molecule has 0 radical (unpaired) electrons. The summed E-state index contributed by atoms with van der Waals surface area (Å²) < 4.78 is 4.65. The second kappa shape index (κ2) is 5.32. The van der Waals surface area contributed by atoms with E-state index in [1.807, 2.05) is 0 Å². The van der Waals surface area contributed by atoms with Gasteiger partial charge >= 0.3 is 5.97 Å². The van der Waals surface area contributed by atoms with Crippen molar-refractivity contribution >= 4 is 5.97 Å². The molecule has 4 heteroatoms. The molecule has 0 aromatic rings. The SMILES string of the molecule is CCN1CCCC(C(N)C(=O)OC)C1. The van der Waals surface area contributed by atoms with Crippen LogP contribution in [0, 0.1) is 5.92 Å². The van der Waals surface area contributed by atoms with Crippen LogP contribution in [-0.2, 0) is 9.53 Å². The van der Waals surface area contributed by atoms with Gasteiger partial charge in [0.2, 0.25) is 0 Å². The Morgan fingerprint density at radius 2 is 2.43 bits per heavy atom. The first kappa shape index (κ1) is 11.5. The van der Waals surface area contributed by atoms with Gasteiger partial charge in [0.15, 0.2) is 0 Å². The highest BCUT2D eigenvalue weighted by molar-refractivity contribution is 5.75. The van der Waals surface area contributed by atoms with Crippen LogP contribution in [0.15, 0.2) is 0 Å². The summed E-state index contributed by atoms with van der Waals surface area (Å²) in [5, 5.41) is 0. The van der Waals surface area contributed by atoms with E-state index in [9.17, 15) is 4.79 Å². The maximum Gasteiger partial charge on any atom is 0.322 e. The Morgan fingerprint density at radius 3 is 3.00 bits per heavy atom. The van der Waals surface area contributed by atoms with Gasteiger partial charge in [-0.3, -0.25) is 4.79 Å². The molecule has 2 atom stereocenters. The number of esters is 1. The summed E-state index contributed by atoms with van der Waals surface area (Å²) in [5.74, 6) is -0.0240. The number of hydrogen-bond acceptors (Lipinski definition) is 4. The summed E-state index contributed by atoms with van der Waals surface area (Å²) in [6.45, 7) is 5.21. The quantitative estimate of drug-likeness (QED) is 0.662. The van der Waals surface area contributed by atoms with Crippen molar-refractivity contribution in [1.29, 1.82) is 0 Å². The minimum absolute atomic E-state index is 0.260. The second-order valence-electron chi connectivity index (χ2n) is 3.84. The fourth-order valence-electron chi connectivity index (χ4n) is 2.00. The molecular weight excluding hydrogens is 180 g/mol. The fourth-order valence-corrected chi connectivity index (χ4v) is 2.00. The Labute approximate surface area is 85.4 Å². The first-order valence-corrected chi connectivity index (χ1v) is 5.24. The van der Waals surface area contributed by atoms with Gasteiger partial charge in [0.25, 0.3) is 0 Å². The lowest BCUT2D eigenvalue weighted by atomic mass is 9.91. The lowest BCUT2D eigenvalue weighted by Gasteiger charge is -2.33. The van der Waals surface area contributed by atoms with Crippen molar-refractivity contribution in [2.45, 2.75) is 25.8 Å². The normalized spacial score (nSPS) is 25.8. The maximum absolute atomic E-state index is 11.2. The number of nitrogens with zero attached hydrogens (tertiary/aromatic N) is 1. The molecule has 1 rings (SSSR count). The zero-order valence-electron chi connectivity index (χ0n) is 9.03. The lowest BCUT2D eigenvalue weighted by molar-refractivity contribution is -0.144. The molecule has 0 bridgehead atoms. The number of hydrogen-bond donors (Lipinski definition) is 1. The average molecular weight is 200 g/mol. The standard InChI is InChI=1S/C10H20N2O2/c1-3-12-6-4-5-8(7-12)9(11)10(13)14-2/h8-9H,3-7,11H2,1-2H3. The van der Waals surface area contributed by atoms with Crippen LogP contribution in [0.1, 0.15) is 19.8 Å². The van der Waals surface area contributed by atoms with Gasteiger partial charge in [-0.05, 0) is 31.8 Å². The van der Waals surface area contributed by atoms with Gasteiger partial charge in [-0.1, -0.05) is 6.92 Å². The summed E-state index contributed by atoms with van der Waals surface area (Å²) in [5.41, 5.74) is 5.82. The van der Waals surface area contributed by atoms with Crippen LogP contribution in [-0.4, -0.2) is 43.7 Å². The first-order chi connectivity index (χ1) is 6.69. The number of nitrogens with two attached hydrogens (primary N) is 1. The highest BCUT2D eigenvalue weighted by atomic mass is 16.5. The van der Waals surface area contributed by atoms with Crippen molar-refractivity contribution in [3.05, 3.63) is 0 Å². The molecule has 0 spiro atoms. The molecule has 1 aliphatic heterocycles. The maximum atomic E-state index is 11.2. The third kappa shape index (κ3) is 2.69. The lowest BCUT2D eigenvalue weighted by Crippen LogP contribution is -2.47. The number of rotatable bonds is 3. The molecule has 0 amide bonds. The van der Waals surface area contributed by atoms with E-state index >= 15 is 0 Å². The molecule has 14 heavy (non-hydrogen) atoms. The number of methoxy groups -OCH3 is 1. The minimum Gasteiger partial charge on any atom is -0.468 e. The van der Waals surface area contributed by atoms with Gasteiger partial charge in [0.1, 0.15) is 6.04 Å². The molecule has 0 aromatic carbocycles. The van der Waals surface area contributed by atoms with Gasteiger partial charge in [0, 0.05) is 6.54 Å². The van der Waals surface area contributed by atoms with E-state index in [1.54, 1.807) is 0 Å². The summed E-state index contributed by atoms with van der Waals surface area (Å²) in [6, 6.07) is -0.450. The number of piperidine rings is 1. The number of carbonyl (C=O) groups is 1. The smallest absolute Gasteiger partial charge is 0.322 e. The van der Waals surface area contributed by atoms with Crippen molar-refractivity contribution < 1.29 is 9.53 Å². The second-order valence-corrected chi connectivity index (χ2v) is 3.84. The Balaban J connectivity index is 2.46. The summed E-state index contributed by atoms with van der Waals surface area (Å²) >= 11 is 0. The monoisotopic (exact) mass is 200 g/mol. The van der Waals surface area contributed by atoms with E-state index in [4.69, 9.17) is 5.73 Å². The van der Waals surface area contributed by atoms with Crippen LogP contribution in [0.25, 0.3) is 0 Å². The molecule has 4 nitrogen and oxygen atoms in total. The van der Waals surface area contributed by atoms with Crippen LogP contribution in [0.4, 0.5) is 0 Å². The molecule has 1 aliphatic rings. The molecule has 2 unspecified atom stereocenters. The van der Waals surface area contributed by atoms with Gasteiger partial charge in [-0.2, -0.15) is 0 Å². The highest BCUT2D eigenvalue weighted by Gasteiger charge is 2.29. The van der Waals surface area contributed by atoms with E-state index in [2.05, 4.69) is 16.6 Å². The van der Waals surface area contributed by atoms with Crippen LogP contribution < -0.4 is 5.73 Å². The molecule has 1 heterocycles. The van der Waals surface area contributed by atoms with E-state index in [0.717, 1.165) is 32.5 Å². The van der Waals surface area contributed by atoms with Gasteiger partial charge in [-0.25, -0.2) is 0 Å². The van der Waals surface area contributed by atoms with E-state index in [1.165, 1.54) is 7.11 Å².